The molecule has 0 aliphatic heterocycles. The average Bonchev–Trinajstić information content (AvgIpc) is 2.66. The van der Waals surface area contributed by atoms with Gasteiger partial charge < -0.3 is 15.3 Å². The molecular weight excluding hydrogens is 182 g/mol. The molecule has 2 heterocycles. The van der Waals surface area contributed by atoms with Crippen LogP contribution >= 0.6 is 0 Å². The van der Waals surface area contributed by atoms with Gasteiger partial charge in [-0.05, 0) is 12.1 Å². The predicted octanol–water partition coefficient (Wildman–Crippen LogP) is 0.811. The van der Waals surface area contributed by atoms with Crippen molar-refractivity contribution in [2.24, 2.45) is 0 Å². The number of anilines is 1. The lowest BCUT2D eigenvalue weighted by Gasteiger charge is -1.94. The smallest absolute Gasteiger partial charge is 0.245 e. The lowest BCUT2D eigenvalue weighted by molar-refractivity contribution is 0.276. The first kappa shape index (κ1) is 8.71. The van der Waals surface area contributed by atoms with Crippen LogP contribution in [-0.2, 0) is 6.61 Å². The third-order valence-electron chi connectivity index (χ3n) is 1.70. The summed E-state index contributed by atoms with van der Waals surface area (Å²) < 4.78 is 5.11. The van der Waals surface area contributed by atoms with E-state index < -0.39 is 0 Å². The van der Waals surface area contributed by atoms with E-state index in [-0.39, 0.29) is 6.61 Å². The Morgan fingerprint density at radius 3 is 2.86 bits per heavy atom. The van der Waals surface area contributed by atoms with Crippen molar-refractivity contribution >= 4 is 5.82 Å². The van der Waals surface area contributed by atoms with Crippen LogP contribution in [0.2, 0.25) is 0 Å². The number of oxazole rings is 1. The van der Waals surface area contributed by atoms with E-state index in [0.29, 0.717) is 23.1 Å². The summed E-state index contributed by atoms with van der Waals surface area (Å²) in [4.78, 5) is 8.04. The van der Waals surface area contributed by atoms with Crippen LogP contribution in [0.1, 0.15) is 5.69 Å². The van der Waals surface area contributed by atoms with Crippen LogP contribution < -0.4 is 5.73 Å². The highest BCUT2D eigenvalue weighted by molar-refractivity contribution is 5.50. The molecule has 0 aliphatic carbocycles. The maximum atomic E-state index is 8.78. The van der Waals surface area contributed by atoms with Crippen LogP contribution in [0, 0.1) is 0 Å². The van der Waals surface area contributed by atoms with Gasteiger partial charge in [0.25, 0.3) is 0 Å². The molecule has 0 radical (unpaired) electrons. The molecule has 5 nitrogen and oxygen atoms in total. The van der Waals surface area contributed by atoms with Gasteiger partial charge in [-0.3, -0.25) is 0 Å². The molecule has 0 amide bonds. The van der Waals surface area contributed by atoms with Crippen molar-refractivity contribution in [1.29, 1.82) is 0 Å². The van der Waals surface area contributed by atoms with Crippen molar-refractivity contribution in [2.45, 2.75) is 6.61 Å². The summed E-state index contributed by atoms with van der Waals surface area (Å²) in [6.07, 6.45) is 1.39. The molecule has 2 rings (SSSR count). The summed E-state index contributed by atoms with van der Waals surface area (Å²) >= 11 is 0. The van der Waals surface area contributed by atoms with Crippen LogP contribution in [0.3, 0.4) is 0 Å². The number of nitrogens with two attached hydrogens (primary N) is 1. The van der Waals surface area contributed by atoms with Gasteiger partial charge in [0.2, 0.25) is 5.89 Å². The zero-order valence-electron chi connectivity index (χ0n) is 7.34. The summed E-state index contributed by atoms with van der Waals surface area (Å²) in [7, 11) is 0. The molecule has 0 bridgehead atoms. The summed E-state index contributed by atoms with van der Waals surface area (Å²) in [5, 5.41) is 8.78. The summed E-state index contributed by atoms with van der Waals surface area (Å²) in [5.74, 6) is 0.771. The first-order valence-corrected chi connectivity index (χ1v) is 4.08. The summed E-state index contributed by atoms with van der Waals surface area (Å²) in [5.41, 5.74) is 6.54. The lowest BCUT2D eigenvalue weighted by atomic mass is 10.3. The van der Waals surface area contributed by atoms with Crippen LogP contribution in [0.5, 0.6) is 0 Å². The number of aliphatic hydroxyl groups excluding tert-OH is 1. The number of nitrogen functional groups attached to an aromatic ring is 1. The quantitative estimate of drug-likeness (QED) is 0.733. The Kier molecular flexibility index (Phi) is 2.16. The van der Waals surface area contributed by atoms with Crippen LogP contribution in [0.15, 0.2) is 28.9 Å². The van der Waals surface area contributed by atoms with E-state index in [1.54, 1.807) is 18.2 Å². The lowest BCUT2D eigenvalue weighted by Crippen LogP contribution is -1.91. The van der Waals surface area contributed by atoms with Crippen molar-refractivity contribution < 1.29 is 9.52 Å². The predicted molar refractivity (Wildman–Crippen MR) is 50.1 cm³/mol. The van der Waals surface area contributed by atoms with Crippen molar-refractivity contribution in [3.8, 4) is 11.6 Å². The van der Waals surface area contributed by atoms with Gasteiger partial charge in [0.15, 0.2) is 0 Å². The van der Waals surface area contributed by atoms with Gasteiger partial charge in [0, 0.05) is 0 Å². The summed E-state index contributed by atoms with van der Waals surface area (Å²) in [6, 6.07) is 5.18. The molecule has 14 heavy (non-hydrogen) atoms. The first-order valence-electron chi connectivity index (χ1n) is 4.08. The van der Waals surface area contributed by atoms with E-state index >= 15 is 0 Å². The van der Waals surface area contributed by atoms with Crippen molar-refractivity contribution in [3.05, 3.63) is 30.2 Å². The monoisotopic (exact) mass is 191 g/mol. The molecule has 0 atom stereocenters. The molecule has 2 aromatic rings. The molecular formula is C9H9N3O2. The highest BCUT2D eigenvalue weighted by Crippen LogP contribution is 2.16. The second kappa shape index (κ2) is 3.47. The van der Waals surface area contributed by atoms with Crippen LogP contribution in [0.4, 0.5) is 5.82 Å². The Morgan fingerprint density at radius 2 is 2.21 bits per heavy atom. The number of hydrogen-bond acceptors (Lipinski definition) is 5. The van der Waals surface area contributed by atoms with E-state index in [9.17, 15) is 0 Å². The average molecular weight is 191 g/mol. The second-order valence-corrected chi connectivity index (χ2v) is 2.75. The van der Waals surface area contributed by atoms with Gasteiger partial charge in [0.05, 0.1) is 6.61 Å². The molecule has 3 N–H and O–H groups in total. The number of aromatic nitrogens is 2. The molecule has 0 fully saturated rings. The van der Waals surface area contributed by atoms with Crippen molar-refractivity contribution in [2.75, 3.05) is 5.73 Å². The third-order valence-corrected chi connectivity index (χ3v) is 1.70. The van der Waals surface area contributed by atoms with Gasteiger partial charge in [-0.1, -0.05) is 6.07 Å². The fourth-order valence-corrected chi connectivity index (χ4v) is 1.07. The Balaban J connectivity index is 2.39. The molecule has 2 aromatic heterocycles. The molecule has 0 saturated heterocycles. The molecule has 0 saturated carbocycles. The molecule has 72 valence electrons. The maximum Gasteiger partial charge on any atom is 0.245 e. The Labute approximate surface area is 80.2 Å². The number of nitrogens with zero attached hydrogens (tertiary/aromatic N) is 2. The van der Waals surface area contributed by atoms with E-state index in [2.05, 4.69) is 9.97 Å². The second-order valence-electron chi connectivity index (χ2n) is 2.75. The fourth-order valence-electron chi connectivity index (χ4n) is 1.07. The van der Waals surface area contributed by atoms with E-state index in [0.717, 1.165) is 0 Å². The van der Waals surface area contributed by atoms with Gasteiger partial charge >= 0.3 is 0 Å². The van der Waals surface area contributed by atoms with Crippen molar-refractivity contribution in [3.63, 3.8) is 0 Å². The van der Waals surface area contributed by atoms with Gasteiger partial charge in [0.1, 0.15) is 23.5 Å². The number of pyridine rings is 1. The first-order chi connectivity index (χ1) is 6.79. The Hall–Kier alpha value is -1.88. The fraction of sp³-hybridized carbons (Fsp3) is 0.111. The molecule has 0 unspecified atom stereocenters. The number of aliphatic hydroxyl groups is 1. The summed E-state index contributed by atoms with van der Waals surface area (Å²) in [6.45, 7) is -0.147. The van der Waals surface area contributed by atoms with Crippen LogP contribution in [0.25, 0.3) is 11.6 Å². The molecule has 0 aliphatic rings. The zero-order valence-corrected chi connectivity index (χ0v) is 7.34. The minimum atomic E-state index is -0.147. The number of hydrogen-bond donors (Lipinski definition) is 2. The third kappa shape index (κ3) is 1.57. The minimum absolute atomic E-state index is 0.147. The Morgan fingerprint density at radius 1 is 1.36 bits per heavy atom. The normalized spacial score (nSPS) is 10.4. The van der Waals surface area contributed by atoms with E-state index in [1.807, 2.05) is 0 Å². The number of rotatable bonds is 2. The van der Waals surface area contributed by atoms with Gasteiger partial charge in [-0.25, -0.2) is 9.97 Å². The molecule has 0 spiro atoms. The standard InChI is InChI=1S/C9H9N3O2/c10-8-3-1-2-7(12-8)9-11-6(4-13)5-14-9/h1-3,5,13H,4H2,(H2,10,12). The zero-order chi connectivity index (χ0) is 9.97. The topological polar surface area (TPSA) is 85.2 Å². The SMILES string of the molecule is Nc1cccc(-c2nc(CO)co2)n1. The van der Waals surface area contributed by atoms with Crippen LogP contribution in [-0.4, -0.2) is 15.1 Å². The maximum absolute atomic E-state index is 8.78. The minimum Gasteiger partial charge on any atom is -0.443 e. The highest BCUT2D eigenvalue weighted by Gasteiger charge is 2.06. The molecule has 0 aromatic carbocycles. The Bertz CT molecular complexity index is 439. The highest BCUT2D eigenvalue weighted by atomic mass is 16.3. The van der Waals surface area contributed by atoms with Gasteiger partial charge in [-0.2, -0.15) is 0 Å². The van der Waals surface area contributed by atoms with Gasteiger partial charge in [-0.15, -0.1) is 0 Å². The van der Waals surface area contributed by atoms with E-state index in [4.69, 9.17) is 15.3 Å². The van der Waals surface area contributed by atoms with E-state index in [1.165, 1.54) is 6.26 Å². The van der Waals surface area contributed by atoms with Crippen molar-refractivity contribution in [1.82, 2.24) is 9.97 Å². The molecule has 5 heteroatoms. The largest absolute Gasteiger partial charge is 0.443 e.